The normalized spacial score (nSPS) is 11.1. The molecule has 0 atom stereocenters. The number of para-hydroxylation sites is 1. The van der Waals surface area contributed by atoms with Gasteiger partial charge < -0.3 is 10.4 Å². The smallest absolute Gasteiger partial charge is 0.273 e. The number of phenolic OH excluding ortho intramolecular Hbond substituents is 1. The maximum absolute atomic E-state index is 13.5. The number of benzene rings is 5. The highest BCUT2D eigenvalue weighted by atomic mass is 32.2. The zero-order chi connectivity index (χ0) is 31.5. The minimum atomic E-state index is -0.465. The molecule has 0 aliphatic heterocycles. The Kier molecular flexibility index (Phi) is 8.26. The van der Waals surface area contributed by atoms with Gasteiger partial charge in [0, 0.05) is 34.9 Å². The summed E-state index contributed by atoms with van der Waals surface area (Å²) in [5.41, 5.74) is 5.31. The number of carbonyl (C=O) groups excluding carboxylic acids is 1. The number of nitrogens with zero attached hydrogens (tertiary/aromatic N) is 5. The molecule has 1 amide bonds. The van der Waals surface area contributed by atoms with Gasteiger partial charge >= 0.3 is 0 Å². The number of nitro groups is 1. The molecular weight excluding hydrogens is 588 g/mol. The van der Waals surface area contributed by atoms with Crippen LogP contribution in [-0.2, 0) is 12.2 Å². The van der Waals surface area contributed by atoms with E-state index in [9.17, 15) is 20.0 Å². The molecule has 6 rings (SSSR count). The fraction of sp³-hybridized carbons (Fsp3) is 0.118. The number of anilines is 1. The van der Waals surface area contributed by atoms with Gasteiger partial charge in [0.25, 0.3) is 11.6 Å². The Balaban J connectivity index is 1.30. The highest BCUT2D eigenvalue weighted by Gasteiger charge is 2.21. The van der Waals surface area contributed by atoms with E-state index in [0.717, 1.165) is 22.4 Å². The lowest BCUT2D eigenvalue weighted by atomic mass is 9.93. The standard InChI is InChI=1S/C34H28N6O4S/c1-21-12-13-22(2)30(16-21)35-33(42)29-19-25(27-10-6-7-11-28(27)32(29)41)18-24-15-14-23(17-31(24)40(43)44)20-45-34-36-37-38-39(34)26-8-4-3-5-9-26/h3-17,19,41H,18,20H2,1-2H3,(H,35,42). The molecule has 0 unspecified atom stereocenters. The van der Waals surface area contributed by atoms with Crippen molar-refractivity contribution in [1.29, 1.82) is 0 Å². The third kappa shape index (κ3) is 6.24. The minimum Gasteiger partial charge on any atom is -0.506 e. The molecule has 5 aromatic carbocycles. The number of rotatable bonds is 9. The molecule has 10 nitrogen and oxygen atoms in total. The molecule has 0 radical (unpaired) electrons. The lowest BCUT2D eigenvalue weighted by Crippen LogP contribution is -2.14. The van der Waals surface area contributed by atoms with Gasteiger partial charge in [0.1, 0.15) is 5.75 Å². The Hall–Kier alpha value is -5.55. The van der Waals surface area contributed by atoms with Gasteiger partial charge in [-0.25, -0.2) is 0 Å². The Morgan fingerprint density at radius 3 is 2.47 bits per heavy atom. The molecular formula is C34H28N6O4S. The molecule has 11 heteroatoms. The molecule has 0 aliphatic carbocycles. The van der Waals surface area contributed by atoms with Crippen LogP contribution in [0.5, 0.6) is 5.75 Å². The van der Waals surface area contributed by atoms with Crippen LogP contribution in [0.1, 0.15) is 38.2 Å². The third-order valence-corrected chi connectivity index (χ3v) is 8.52. The van der Waals surface area contributed by atoms with E-state index in [1.54, 1.807) is 35.0 Å². The topological polar surface area (TPSA) is 136 Å². The molecule has 1 heterocycles. The van der Waals surface area contributed by atoms with Crippen molar-refractivity contribution in [2.24, 2.45) is 0 Å². The summed E-state index contributed by atoms with van der Waals surface area (Å²) in [6.07, 6.45) is 0.181. The van der Waals surface area contributed by atoms with E-state index < -0.39 is 10.8 Å². The Labute approximate surface area is 262 Å². The molecule has 0 fully saturated rings. The van der Waals surface area contributed by atoms with E-state index in [0.29, 0.717) is 38.5 Å². The largest absolute Gasteiger partial charge is 0.506 e. The zero-order valence-corrected chi connectivity index (χ0v) is 25.3. The molecule has 45 heavy (non-hydrogen) atoms. The predicted octanol–water partition coefficient (Wildman–Crippen LogP) is 7.18. The highest BCUT2D eigenvalue weighted by Crippen LogP contribution is 2.35. The molecule has 0 bridgehead atoms. The van der Waals surface area contributed by atoms with E-state index in [-0.39, 0.29) is 23.4 Å². The maximum atomic E-state index is 13.5. The van der Waals surface area contributed by atoms with Crippen LogP contribution in [0, 0.1) is 24.0 Å². The molecule has 6 aromatic rings. The second-order valence-electron chi connectivity index (χ2n) is 10.6. The van der Waals surface area contributed by atoms with Crippen LogP contribution in [-0.4, -0.2) is 36.1 Å². The van der Waals surface area contributed by atoms with Gasteiger partial charge in [-0.2, -0.15) is 4.68 Å². The van der Waals surface area contributed by atoms with E-state index in [2.05, 4.69) is 20.8 Å². The van der Waals surface area contributed by atoms with Crippen molar-refractivity contribution in [2.75, 3.05) is 5.32 Å². The van der Waals surface area contributed by atoms with Crippen molar-refractivity contribution in [3.05, 3.63) is 141 Å². The predicted molar refractivity (Wildman–Crippen MR) is 174 cm³/mol. The number of hydrogen-bond acceptors (Lipinski definition) is 8. The minimum absolute atomic E-state index is 0.0331. The average molecular weight is 617 g/mol. The number of nitrogens with one attached hydrogen (secondary N) is 1. The van der Waals surface area contributed by atoms with E-state index in [1.165, 1.54) is 11.8 Å². The first-order valence-corrected chi connectivity index (χ1v) is 15.1. The van der Waals surface area contributed by atoms with Gasteiger partial charge in [0.05, 0.1) is 16.2 Å². The summed E-state index contributed by atoms with van der Waals surface area (Å²) in [6, 6.07) is 29.2. The number of aromatic hydroxyl groups is 1. The van der Waals surface area contributed by atoms with Crippen LogP contribution in [0.3, 0.4) is 0 Å². The van der Waals surface area contributed by atoms with E-state index in [4.69, 9.17) is 0 Å². The number of fused-ring (bicyclic) bond motifs is 1. The fourth-order valence-corrected chi connectivity index (χ4v) is 6.02. The molecule has 0 saturated carbocycles. The van der Waals surface area contributed by atoms with Gasteiger partial charge in [0.15, 0.2) is 0 Å². The summed E-state index contributed by atoms with van der Waals surface area (Å²) in [5, 5.41) is 40.0. The van der Waals surface area contributed by atoms with Crippen LogP contribution in [0.4, 0.5) is 11.4 Å². The van der Waals surface area contributed by atoms with Gasteiger partial charge in [-0.1, -0.05) is 78.5 Å². The number of amides is 1. The molecule has 224 valence electrons. The summed E-state index contributed by atoms with van der Waals surface area (Å²) in [7, 11) is 0. The number of thioether (sulfide) groups is 1. The van der Waals surface area contributed by atoms with Crippen LogP contribution in [0.25, 0.3) is 16.5 Å². The van der Waals surface area contributed by atoms with Crippen molar-refractivity contribution in [3.8, 4) is 11.4 Å². The number of aryl methyl sites for hydroxylation is 2. The second kappa shape index (κ2) is 12.6. The summed E-state index contributed by atoms with van der Waals surface area (Å²) in [5.74, 6) is -0.191. The third-order valence-electron chi connectivity index (χ3n) is 7.52. The molecule has 0 spiro atoms. The monoisotopic (exact) mass is 616 g/mol. The first-order chi connectivity index (χ1) is 21.8. The molecule has 0 saturated heterocycles. The Morgan fingerprint density at radius 1 is 0.933 bits per heavy atom. The van der Waals surface area contributed by atoms with Crippen molar-refractivity contribution >= 4 is 39.8 Å². The first kappa shape index (κ1) is 29.5. The summed E-state index contributed by atoms with van der Waals surface area (Å²) >= 11 is 1.37. The average Bonchev–Trinajstić information content (AvgIpc) is 3.52. The van der Waals surface area contributed by atoms with Gasteiger partial charge in [-0.05, 0) is 76.2 Å². The number of nitro benzene ring substituents is 1. The Bertz CT molecular complexity index is 2060. The maximum Gasteiger partial charge on any atom is 0.273 e. The lowest BCUT2D eigenvalue weighted by molar-refractivity contribution is -0.385. The number of carbonyl (C=O) groups is 1. The lowest BCUT2D eigenvalue weighted by Gasteiger charge is -2.15. The van der Waals surface area contributed by atoms with Crippen LogP contribution < -0.4 is 5.32 Å². The summed E-state index contributed by atoms with van der Waals surface area (Å²) in [6.45, 7) is 3.83. The number of aromatic nitrogens is 4. The number of hydrogen-bond donors (Lipinski definition) is 2. The SMILES string of the molecule is Cc1ccc(C)c(NC(=O)c2cc(Cc3ccc(CSc4nnnn4-c4ccccc4)cc3[N+](=O)[O-])c3ccccc3c2O)c1. The van der Waals surface area contributed by atoms with E-state index >= 15 is 0 Å². The van der Waals surface area contributed by atoms with Crippen molar-refractivity contribution in [3.63, 3.8) is 0 Å². The van der Waals surface area contributed by atoms with Crippen LogP contribution in [0.15, 0.2) is 102 Å². The summed E-state index contributed by atoms with van der Waals surface area (Å²) < 4.78 is 1.62. The molecule has 1 aromatic heterocycles. The first-order valence-electron chi connectivity index (χ1n) is 14.1. The van der Waals surface area contributed by atoms with Gasteiger partial charge in [0.2, 0.25) is 5.16 Å². The van der Waals surface area contributed by atoms with E-state index in [1.807, 2.05) is 80.6 Å². The highest BCUT2D eigenvalue weighted by molar-refractivity contribution is 7.98. The van der Waals surface area contributed by atoms with Crippen molar-refractivity contribution in [2.45, 2.75) is 31.2 Å². The molecule has 0 aliphatic rings. The Morgan fingerprint density at radius 2 is 1.69 bits per heavy atom. The van der Waals surface area contributed by atoms with Gasteiger partial charge in [-0.3, -0.25) is 14.9 Å². The number of tetrazole rings is 1. The van der Waals surface area contributed by atoms with Crippen LogP contribution in [0.2, 0.25) is 0 Å². The zero-order valence-electron chi connectivity index (χ0n) is 24.5. The van der Waals surface area contributed by atoms with Gasteiger partial charge in [-0.15, -0.1) is 5.10 Å². The molecule has 2 N–H and O–H groups in total. The van der Waals surface area contributed by atoms with Crippen LogP contribution >= 0.6 is 11.8 Å². The van der Waals surface area contributed by atoms with Crippen molar-refractivity contribution < 1.29 is 14.8 Å². The summed E-state index contributed by atoms with van der Waals surface area (Å²) in [4.78, 5) is 25.3. The quantitative estimate of drug-likeness (QED) is 0.0990. The van der Waals surface area contributed by atoms with Crippen molar-refractivity contribution in [1.82, 2.24) is 20.2 Å². The fourth-order valence-electron chi connectivity index (χ4n) is 5.19. The second-order valence-corrected chi connectivity index (χ2v) is 11.6. The number of phenols is 1.